The van der Waals surface area contributed by atoms with Gasteiger partial charge in [-0.1, -0.05) is 177 Å². The van der Waals surface area contributed by atoms with Crippen LogP contribution in [0.3, 0.4) is 0 Å². The fourth-order valence-electron chi connectivity index (χ4n) is 8.85. The van der Waals surface area contributed by atoms with Gasteiger partial charge in [-0.2, -0.15) is 0 Å². The monoisotopic (exact) mass is 911 g/mol. The van der Waals surface area contributed by atoms with E-state index < -0.39 is 48.9 Å². The first-order chi connectivity index (χ1) is 36.2. The van der Waals surface area contributed by atoms with Gasteiger partial charge in [0.05, 0.1) is 28.0 Å². The second-order valence-electron chi connectivity index (χ2n) is 21.5. The summed E-state index contributed by atoms with van der Waals surface area (Å²) in [4.78, 5) is 10.3. The molecule has 8 aromatic rings. The van der Waals surface area contributed by atoms with Gasteiger partial charge in [-0.05, 0) is 151 Å². The molecule has 4 heteroatoms. The molecule has 2 heterocycles. The Labute approximate surface area is 423 Å². The SMILES string of the molecule is [2H]C([2H])([2H])c1cc(-c2cc(C(C)C)cc(C([2H])(C)C)c2)ccc1-n1c(-c2cc(C(C)(C)C)cc(C(C)(C([2H])([2H])[2H])C([2H])([2H])[2H])c2O)nc2c(-c3cc(-c4cc(-c5ccc(C([2H])(C)C)cc5)ccn4)cc(C(C)(C)C)c3)cccc21. The van der Waals surface area contributed by atoms with Crippen LogP contribution in [0.4, 0.5) is 0 Å². The molecule has 68 heavy (non-hydrogen) atoms. The molecule has 0 bridgehead atoms. The minimum absolute atomic E-state index is 0.0151. The van der Waals surface area contributed by atoms with Crippen molar-refractivity contribution in [1.29, 1.82) is 0 Å². The third-order valence-corrected chi connectivity index (χ3v) is 13.2. The van der Waals surface area contributed by atoms with E-state index in [0.29, 0.717) is 27.7 Å². The number of phenols is 1. The normalized spacial score (nSPS) is 15.8. The average molecular weight is 911 g/mol. The Balaban J connectivity index is 1.47. The van der Waals surface area contributed by atoms with Gasteiger partial charge < -0.3 is 5.11 Å². The van der Waals surface area contributed by atoms with Crippen molar-refractivity contribution in [3.63, 3.8) is 0 Å². The van der Waals surface area contributed by atoms with Crippen LogP contribution in [-0.2, 0) is 16.2 Å². The van der Waals surface area contributed by atoms with E-state index in [0.717, 1.165) is 62.7 Å². The number of aromatic nitrogens is 3. The van der Waals surface area contributed by atoms with Crippen LogP contribution in [-0.4, -0.2) is 19.6 Å². The minimum Gasteiger partial charge on any atom is -0.507 e. The molecule has 0 aliphatic heterocycles. The molecule has 0 atom stereocenters. The van der Waals surface area contributed by atoms with Crippen LogP contribution in [0, 0.1) is 6.85 Å². The molecule has 0 aliphatic rings. The summed E-state index contributed by atoms with van der Waals surface area (Å²) in [5.74, 6) is -2.13. The summed E-state index contributed by atoms with van der Waals surface area (Å²) >= 11 is 0. The van der Waals surface area contributed by atoms with Crippen molar-refractivity contribution < 1.29 is 20.2 Å². The minimum atomic E-state index is -3.13. The van der Waals surface area contributed by atoms with Gasteiger partial charge in [0.15, 0.2) is 0 Å². The predicted octanol–water partition coefficient (Wildman–Crippen LogP) is 18.0. The van der Waals surface area contributed by atoms with E-state index in [4.69, 9.17) is 20.9 Å². The Kier molecular flexibility index (Phi) is 9.48. The van der Waals surface area contributed by atoms with Crippen LogP contribution in [0.2, 0.25) is 0 Å². The summed E-state index contributed by atoms with van der Waals surface area (Å²) in [6, 6.07) is 38.3. The molecule has 0 spiro atoms. The molecule has 0 fully saturated rings. The lowest BCUT2D eigenvalue weighted by Crippen LogP contribution is -2.17. The van der Waals surface area contributed by atoms with E-state index in [2.05, 4.69) is 52.8 Å². The van der Waals surface area contributed by atoms with Crippen molar-refractivity contribution in [2.24, 2.45) is 0 Å². The van der Waals surface area contributed by atoms with Crippen molar-refractivity contribution in [3.8, 4) is 67.5 Å². The van der Waals surface area contributed by atoms with Crippen LogP contribution < -0.4 is 0 Å². The number of benzene rings is 6. The number of aryl methyl sites for hydroxylation is 1. The van der Waals surface area contributed by atoms with E-state index >= 15 is 0 Å². The average Bonchev–Trinajstić information content (AvgIpc) is 3.65. The highest BCUT2D eigenvalue weighted by molar-refractivity contribution is 5.97. The quantitative estimate of drug-likeness (QED) is 0.157. The molecule has 1 N–H and O–H groups in total. The number of fused-ring (bicyclic) bond motifs is 1. The van der Waals surface area contributed by atoms with Crippen LogP contribution in [0.25, 0.3) is 72.7 Å². The van der Waals surface area contributed by atoms with Gasteiger partial charge in [-0.3, -0.25) is 9.55 Å². The number of nitrogens with zero attached hydrogens (tertiary/aromatic N) is 3. The first kappa shape index (κ1) is 35.8. The molecule has 0 saturated carbocycles. The number of hydrogen-bond donors (Lipinski definition) is 1. The molecule has 4 nitrogen and oxygen atoms in total. The van der Waals surface area contributed by atoms with Crippen molar-refractivity contribution in [2.75, 3.05) is 0 Å². The number of para-hydroxylation sites is 1. The summed E-state index contributed by atoms with van der Waals surface area (Å²) in [5, 5.41) is 12.8. The highest BCUT2D eigenvalue weighted by Gasteiger charge is 2.29. The zero-order valence-corrected chi connectivity index (χ0v) is 42.0. The third-order valence-electron chi connectivity index (χ3n) is 13.2. The largest absolute Gasteiger partial charge is 0.507 e. The Morgan fingerprint density at radius 3 is 1.85 bits per heavy atom. The van der Waals surface area contributed by atoms with Gasteiger partial charge in [0.25, 0.3) is 0 Å². The summed E-state index contributed by atoms with van der Waals surface area (Å²) in [6.45, 7) is 15.8. The molecule has 8 rings (SSSR count). The van der Waals surface area contributed by atoms with Gasteiger partial charge in [0.2, 0.25) is 0 Å². The lowest BCUT2D eigenvalue weighted by Gasteiger charge is -2.27. The van der Waals surface area contributed by atoms with Crippen LogP contribution in [0.5, 0.6) is 5.75 Å². The molecule has 350 valence electrons. The van der Waals surface area contributed by atoms with Crippen LogP contribution in [0.15, 0.2) is 128 Å². The van der Waals surface area contributed by atoms with E-state index in [9.17, 15) is 9.22 Å². The van der Waals surface area contributed by atoms with Crippen molar-refractivity contribution >= 4 is 11.0 Å². The first-order valence-electron chi connectivity index (χ1n) is 29.1. The number of phenolic OH excluding ortho intramolecular Hbond substituents is 1. The molecule has 0 amide bonds. The van der Waals surface area contributed by atoms with Crippen molar-refractivity contribution in [2.45, 2.75) is 145 Å². The van der Waals surface area contributed by atoms with Gasteiger partial charge in [-0.25, -0.2) is 4.98 Å². The van der Waals surface area contributed by atoms with Crippen molar-refractivity contribution in [1.82, 2.24) is 14.5 Å². The fourth-order valence-corrected chi connectivity index (χ4v) is 8.85. The molecule has 0 saturated heterocycles. The standard InChI is InChI=1S/C64H73N3O/c1-38(2)42-20-22-43(23-21-42)45-26-27-65-56(35-45)50-32-49(33-51(34-50)62(8,9)10)53-18-17-19-58-59(53)66-61(54-36-52(63(11,12)13)37-55(60(54)68)64(14,15)16)67(58)57-25-24-44(28-41(57)7)48-30-46(39(3)4)29-47(31-48)40(5)6/h17-40,68H,1-16H3/i7D3,14D3,15D3,38D,39D. The maximum Gasteiger partial charge on any atom is 0.149 e. The molecular weight excluding hydrogens is 827 g/mol. The second kappa shape index (κ2) is 18.0. The predicted molar refractivity (Wildman–Crippen MR) is 291 cm³/mol. The summed E-state index contributed by atoms with van der Waals surface area (Å²) in [6.07, 6.45) is 1.78. The fraction of sp³-hybridized carbons (Fsp3) is 0.344. The highest BCUT2D eigenvalue weighted by Crippen LogP contribution is 2.46. The Hall–Kier alpha value is -6.26. The third kappa shape index (κ3) is 9.57. The van der Waals surface area contributed by atoms with Crippen molar-refractivity contribution in [3.05, 3.63) is 166 Å². The lowest BCUT2D eigenvalue weighted by atomic mass is 9.79. The number of aromatic hydroxyl groups is 1. The van der Waals surface area contributed by atoms with E-state index in [1.807, 2.05) is 127 Å². The maximum absolute atomic E-state index is 12.8. The van der Waals surface area contributed by atoms with E-state index in [-0.39, 0.29) is 39.5 Å². The zero-order chi connectivity index (χ0) is 58.5. The maximum atomic E-state index is 12.8. The molecule has 0 radical (unpaired) electrons. The number of imidazole rings is 1. The Morgan fingerprint density at radius 2 is 1.21 bits per heavy atom. The number of rotatable bonds is 9. The van der Waals surface area contributed by atoms with Crippen LogP contribution in [0.1, 0.15) is 175 Å². The van der Waals surface area contributed by atoms with Gasteiger partial charge in [0, 0.05) is 38.0 Å². The number of pyridine rings is 1. The van der Waals surface area contributed by atoms with E-state index in [1.54, 1.807) is 29.0 Å². The zero-order valence-electron chi connectivity index (χ0n) is 53.0. The number of hydrogen-bond acceptors (Lipinski definition) is 3. The Morgan fingerprint density at radius 1 is 0.559 bits per heavy atom. The molecule has 0 unspecified atom stereocenters. The molecule has 0 aliphatic carbocycles. The molecular formula is C64H73N3O. The Bertz CT molecular complexity index is 3600. The molecule has 6 aromatic carbocycles. The second-order valence-corrected chi connectivity index (χ2v) is 21.5. The lowest BCUT2D eigenvalue weighted by molar-refractivity contribution is 0.446. The summed E-state index contributed by atoms with van der Waals surface area (Å²) in [5.41, 5.74) is 7.57. The molecule has 2 aromatic heterocycles. The first-order valence-corrected chi connectivity index (χ1v) is 23.6. The van der Waals surface area contributed by atoms with Gasteiger partial charge in [0.1, 0.15) is 11.6 Å². The van der Waals surface area contributed by atoms with E-state index in [1.165, 1.54) is 6.07 Å². The highest BCUT2D eigenvalue weighted by atomic mass is 16.3. The topological polar surface area (TPSA) is 50.9 Å². The summed E-state index contributed by atoms with van der Waals surface area (Å²) < 4.78 is 99.0. The smallest absolute Gasteiger partial charge is 0.149 e. The summed E-state index contributed by atoms with van der Waals surface area (Å²) in [7, 11) is 0. The van der Waals surface area contributed by atoms with Gasteiger partial charge >= 0.3 is 0 Å². The van der Waals surface area contributed by atoms with Gasteiger partial charge in [-0.15, -0.1) is 0 Å². The van der Waals surface area contributed by atoms with Crippen LogP contribution >= 0.6 is 0 Å².